The first kappa shape index (κ1) is 25.3. The number of alkyl halides is 2. The molecule has 1 aliphatic heterocycles. The molecule has 3 heterocycles. The number of rotatable bonds is 9. The highest BCUT2D eigenvalue weighted by Gasteiger charge is 2.35. The Morgan fingerprint density at radius 3 is 2.81 bits per heavy atom. The third kappa shape index (κ3) is 5.89. The van der Waals surface area contributed by atoms with Crippen molar-refractivity contribution < 1.29 is 18.4 Å². The van der Waals surface area contributed by atoms with Gasteiger partial charge >= 0.3 is 5.92 Å². The Morgan fingerprint density at radius 1 is 1.25 bits per heavy atom. The molecule has 0 bridgehead atoms. The first-order valence-corrected chi connectivity index (χ1v) is 11.4. The maximum atomic E-state index is 14.5. The molecule has 36 heavy (non-hydrogen) atoms. The summed E-state index contributed by atoms with van der Waals surface area (Å²) in [6.07, 6.45) is 2.96. The lowest BCUT2D eigenvalue weighted by atomic mass is 9.98. The zero-order chi connectivity index (χ0) is 25.7. The molecule has 2 aromatic heterocycles. The minimum Gasteiger partial charge on any atom is -0.352 e. The number of carbonyl (C=O) groups is 2. The van der Waals surface area contributed by atoms with Crippen molar-refractivity contribution in [2.24, 2.45) is 0 Å². The van der Waals surface area contributed by atoms with Crippen LogP contribution >= 0.6 is 11.6 Å². The van der Waals surface area contributed by atoms with Gasteiger partial charge in [0.15, 0.2) is 0 Å². The highest BCUT2D eigenvalue weighted by atomic mass is 35.5. The summed E-state index contributed by atoms with van der Waals surface area (Å²) in [7, 11) is 0. The molecule has 13 heteroatoms. The van der Waals surface area contributed by atoms with Crippen LogP contribution in [-0.4, -0.2) is 55.1 Å². The lowest BCUT2D eigenvalue weighted by molar-refractivity contribution is -0.134. The Morgan fingerprint density at radius 2 is 2.08 bits per heavy atom. The molecular formula is C23H23ClF2N8O2. The number of hydrogen-bond acceptors (Lipinski definition) is 7. The number of carbonyl (C=O) groups excluding carboxylic acids is 2. The lowest BCUT2D eigenvalue weighted by Gasteiger charge is -2.31. The van der Waals surface area contributed by atoms with E-state index >= 15 is 0 Å². The van der Waals surface area contributed by atoms with Crippen LogP contribution < -0.4 is 10.7 Å². The van der Waals surface area contributed by atoms with Crippen molar-refractivity contribution in [2.75, 3.05) is 13.1 Å². The summed E-state index contributed by atoms with van der Waals surface area (Å²) in [5.41, 5.74) is 4.43. The van der Waals surface area contributed by atoms with Gasteiger partial charge in [-0.1, -0.05) is 23.2 Å². The van der Waals surface area contributed by atoms with Crippen molar-refractivity contribution >= 4 is 23.4 Å². The fraction of sp³-hybridized carbons (Fsp3) is 0.304. The molecule has 2 N–H and O–H groups in total. The second-order valence-corrected chi connectivity index (χ2v) is 8.64. The van der Waals surface area contributed by atoms with E-state index in [9.17, 15) is 18.4 Å². The van der Waals surface area contributed by atoms with Gasteiger partial charge in [0.05, 0.1) is 18.7 Å². The van der Waals surface area contributed by atoms with Gasteiger partial charge in [-0.15, -0.1) is 5.10 Å². The van der Waals surface area contributed by atoms with Crippen LogP contribution in [-0.2, 0) is 22.1 Å². The number of hydrogen-bond donors (Lipinski definition) is 2. The first-order valence-electron chi connectivity index (χ1n) is 11.1. The zero-order valence-electron chi connectivity index (χ0n) is 19.3. The van der Waals surface area contributed by atoms with Crippen molar-refractivity contribution in [1.29, 1.82) is 0 Å². The predicted octanol–water partition coefficient (Wildman–Crippen LogP) is 2.56. The Kier molecular flexibility index (Phi) is 7.65. The number of aromatic nitrogens is 5. The summed E-state index contributed by atoms with van der Waals surface area (Å²) in [4.78, 5) is 29.4. The molecular weight excluding hydrogens is 494 g/mol. The van der Waals surface area contributed by atoms with Crippen LogP contribution in [0.5, 0.6) is 0 Å². The van der Waals surface area contributed by atoms with Gasteiger partial charge in [0.2, 0.25) is 5.91 Å². The molecule has 4 rings (SSSR count). The van der Waals surface area contributed by atoms with Gasteiger partial charge in [0.25, 0.3) is 5.91 Å². The van der Waals surface area contributed by atoms with Crippen molar-refractivity contribution in [3.8, 4) is 5.69 Å². The van der Waals surface area contributed by atoms with Crippen LogP contribution in [0.1, 0.15) is 31.0 Å². The van der Waals surface area contributed by atoms with E-state index in [0.717, 1.165) is 10.6 Å². The van der Waals surface area contributed by atoms with E-state index in [4.69, 9.17) is 11.6 Å². The molecule has 0 spiro atoms. The summed E-state index contributed by atoms with van der Waals surface area (Å²) in [5, 5.41) is 15.5. The fourth-order valence-electron chi connectivity index (χ4n) is 3.73. The highest BCUT2D eigenvalue weighted by molar-refractivity contribution is 6.30. The van der Waals surface area contributed by atoms with Crippen molar-refractivity contribution in [3.05, 3.63) is 76.3 Å². The summed E-state index contributed by atoms with van der Waals surface area (Å²) in [5.74, 6) is -4.19. The van der Waals surface area contributed by atoms with Crippen LogP contribution in [0.15, 0.2) is 60.1 Å². The van der Waals surface area contributed by atoms with Crippen LogP contribution in [0.3, 0.4) is 0 Å². The maximum absolute atomic E-state index is 14.5. The Hall–Kier alpha value is -3.77. The van der Waals surface area contributed by atoms with Gasteiger partial charge in [0, 0.05) is 29.9 Å². The standard InChI is InChI=1S/C23H23ClF2N8O2/c1-15-7-9-33(30-13-23(25,26)20-4-2-3-8-27-20)22(36)18(15)11-21(35)28-12-16-10-17(24)5-6-19(16)34-14-29-31-32-34/h2-6,8,10,14,30H,7,9,11-13H2,1H3,(H,28,35). The molecule has 0 radical (unpaired) electrons. The summed E-state index contributed by atoms with van der Waals surface area (Å²) >= 11 is 6.11. The quantitative estimate of drug-likeness (QED) is 0.449. The van der Waals surface area contributed by atoms with Crippen LogP contribution in [0.4, 0.5) is 8.78 Å². The minimum atomic E-state index is -3.27. The number of halogens is 3. The van der Waals surface area contributed by atoms with E-state index in [1.807, 2.05) is 0 Å². The molecule has 3 aromatic rings. The number of hydrazine groups is 1. The van der Waals surface area contributed by atoms with E-state index in [-0.39, 0.29) is 25.1 Å². The predicted molar refractivity (Wildman–Crippen MR) is 126 cm³/mol. The van der Waals surface area contributed by atoms with E-state index in [1.54, 1.807) is 31.2 Å². The topological polar surface area (TPSA) is 118 Å². The normalized spacial score (nSPS) is 14.3. The number of benzene rings is 1. The monoisotopic (exact) mass is 516 g/mol. The van der Waals surface area contributed by atoms with Crippen LogP contribution in [0.25, 0.3) is 5.69 Å². The van der Waals surface area contributed by atoms with Crippen LogP contribution in [0.2, 0.25) is 5.02 Å². The second kappa shape index (κ2) is 10.9. The van der Waals surface area contributed by atoms with Gasteiger partial charge in [-0.3, -0.25) is 19.6 Å². The molecule has 0 fully saturated rings. The number of amides is 2. The average Bonchev–Trinajstić information content (AvgIpc) is 3.40. The largest absolute Gasteiger partial charge is 0.352 e. The van der Waals surface area contributed by atoms with Gasteiger partial charge in [-0.05, 0) is 59.7 Å². The van der Waals surface area contributed by atoms with E-state index in [1.165, 1.54) is 29.3 Å². The SMILES string of the molecule is CC1=C(CC(=O)NCc2cc(Cl)ccc2-n2cnnn2)C(=O)N(NCC(F)(F)c2ccccn2)CC1. The average molecular weight is 517 g/mol. The lowest BCUT2D eigenvalue weighted by Crippen LogP contribution is -2.50. The Bertz CT molecular complexity index is 1270. The first-order chi connectivity index (χ1) is 17.2. The Labute approximate surface area is 210 Å². The number of pyridine rings is 1. The number of nitrogens with one attached hydrogen (secondary N) is 2. The van der Waals surface area contributed by atoms with Crippen molar-refractivity contribution in [1.82, 2.24) is 40.9 Å². The minimum absolute atomic E-state index is 0.118. The highest BCUT2D eigenvalue weighted by Crippen LogP contribution is 2.26. The third-order valence-corrected chi connectivity index (χ3v) is 5.95. The molecule has 2 amide bonds. The fourth-order valence-corrected chi connectivity index (χ4v) is 3.92. The van der Waals surface area contributed by atoms with Crippen molar-refractivity contribution in [3.63, 3.8) is 0 Å². The molecule has 1 aromatic carbocycles. The van der Waals surface area contributed by atoms with E-state index < -0.39 is 30.0 Å². The number of nitrogens with zero attached hydrogens (tertiary/aromatic N) is 6. The van der Waals surface area contributed by atoms with E-state index in [2.05, 4.69) is 31.3 Å². The molecule has 188 valence electrons. The summed E-state index contributed by atoms with van der Waals surface area (Å²) in [6, 6.07) is 9.33. The summed E-state index contributed by atoms with van der Waals surface area (Å²) < 4.78 is 30.4. The van der Waals surface area contributed by atoms with Crippen LogP contribution in [0, 0.1) is 0 Å². The van der Waals surface area contributed by atoms with Gasteiger partial charge in [-0.25, -0.2) is 10.1 Å². The molecule has 0 aliphatic carbocycles. The third-order valence-electron chi connectivity index (χ3n) is 5.71. The molecule has 0 saturated carbocycles. The molecule has 1 aliphatic rings. The molecule has 0 saturated heterocycles. The van der Waals surface area contributed by atoms with Gasteiger partial charge in [-0.2, -0.15) is 8.78 Å². The van der Waals surface area contributed by atoms with E-state index in [0.29, 0.717) is 22.7 Å². The number of tetrazole rings is 1. The van der Waals surface area contributed by atoms with Gasteiger partial charge in [0.1, 0.15) is 12.0 Å². The van der Waals surface area contributed by atoms with Gasteiger partial charge < -0.3 is 5.32 Å². The maximum Gasteiger partial charge on any atom is 0.303 e. The van der Waals surface area contributed by atoms with Crippen molar-refractivity contribution in [2.45, 2.75) is 32.2 Å². The molecule has 0 atom stereocenters. The summed E-state index contributed by atoms with van der Waals surface area (Å²) in [6.45, 7) is 1.29. The molecule has 0 unspecified atom stereocenters. The molecule has 10 nitrogen and oxygen atoms in total. The second-order valence-electron chi connectivity index (χ2n) is 8.20. The Balaban J connectivity index is 1.37. The zero-order valence-corrected chi connectivity index (χ0v) is 20.0. The smallest absolute Gasteiger partial charge is 0.303 e.